The van der Waals surface area contributed by atoms with Crippen LogP contribution in [0.5, 0.6) is 0 Å². The predicted octanol–water partition coefficient (Wildman–Crippen LogP) is 3.99. The number of esters is 1. The summed E-state index contributed by atoms with van der Waals surface area (Å²) in [7, 11) is -1.54. The second kappa shape index (κ2) is 6.27. The van der Waals surface area contributed by atoms with Crippen molar-refractivity contribution in [2.24, 2.45) is 28.6 Å². The largest absolute Gasteiger partial charge is 0.481 e. The molecule has 2 bridgehead atoms. The zero-order valence-electron chi connectivity index (χ0n) is 16.4. The van der Waals surface area contributed by atoms with Crippen LogP contribution in [0.15, 0.2) is 21.4 Å². The number of hydrogen-bond acceptors (Lipinski definition) is 4. The van der Waals surface area contributed by atoms with Crippen molar-refractivity contribution < 1.29 is 24.2 Å². The van der Waals surface area contributed by atoms with Crippen LogP contribution in [0.25, 0.3) is 0 Å². The second-order valence-electron chi connectivity index (χ2n) is 9.76. The maximum atomic E-state index is 12.7. The number of carbonyl (C=O) groups is 3. The van der Waals surface area contributed by atoms with Crippen LogP contribution in [0.3, 0.4) is 0 Å². The predicted molar refractivity (Wildman–Crippen MR) is 113 cm³/mol. The minimum Gasteiger partial charge on any atom is -0.481 e. The lowest BCUT2D eigenvalue weighted by molar-refractivity contribution is -0.229. The molecule has 27 heavy (non-hydrogen) atoms. The Hall–Kier alpha value is -0.963. The van der Waals surface area contributed by atoms with Crippen LogP contribution in [0.2, 0.25) is 19.6 Å². The number of aldehydes is 1. The quantitative estimate of drug-likeness (QED) is 0.272. The van der Waals surface area contributed by atoms with Gasteiger partial charge in [-0.15, -0.1) is 0 Å². The Morgan fingerprint density at radius 3 is 2.52 bits per heavy atom. The highest BCUT2D eigenvalue weighted by atomic mass is 127. The van der Waals surface area contributed by atoms with Gasteiger partial charge in [0.05, 0.1) is 14.0 Å². The number of carboxylic acid groups (broad SMARTS) is 1. The molecule has 0 unspecified atom stereocenters. The first kappa shape index (κ1) is 20.8. The van der Waals surface area contributed by atoms with Crippen LogP contribution in [-0.2, 0) is 19.1 Å². The fourth-order valence-electron chi connectivity index (χ4n) is 5.23. The topological polar surface area (TPSA) is 80.7 Å². The van der Waals surface area contributed by atoms with Crippen molar-refractivity contribution in [1.29, 1.82) is 0 Å². The van der Waals surface area contributed by atoms with Crippen molar-refractivity contribution in [3.05, 3.63) is 21.4 Å². The van der Waals surface area contributed by atoms with E-state index in [-0.39, 0.29) is 5.92 Å². The molecule has 1 saturated heterocycles. The molecule has 1 saturated carbocycles. The normalized spacial score (nSPS) is 43.9. The molecular formula is C20H27IO5Si. The number of hydrogen-bond donors (Lipinski definition) is 1. The Balaban J connectivity index is 2.22. The van der Waals surface area contributed by atoms with Gasteiger partial charge in [0.1, 0.15) is 12.2 Å². The third-order valence-electron chi connectivity index (χ3n) is 6.67. The Labute approximate surface area is 174 Å². The molecule has 1 N–H and O–H groups in total. The molecule has 0 aromatic carbocycles. The average molecular weight is 502 g/mol. The number of aliphatic carboxylic acids is 1. The number of fused-ring (bicyclic) bond motifs is 1. The summed E-state index contributed by atoms with van der Waals surface area (Å²) in [4.78, 5) is 37.3. The molecule has 4 rings (SSSR count). The minimum atomic E-state index is -1.54. The second-order valence-corrected chi connectivity index (χ2v) is 16.0. The number of carboxylic acids is 1. The lowest BCUT2D eigenvalue weighted by Crippen LogP contribution is -2.71. The molecule has 0 radical (unpaired) electrons. The number of halogens is 1. The summed E-state index contributed by atoms with van der Waals surface area (Å²) in [6.07, 6.45) is 5.95. The third kappa shape index (κ3) is 2.87. The van der Waals surface area contributed by atoms with Crippen molar-refractivity contribution in [3.63, 3.8) is 0 Å². The monoisotopic (exact) mass is 502 g/mol. The number of rotatable bonds is 4. The van der Waals surface area contributed by atoms with Gasteiger partial charge >= 0.3 is 11.9 Å². The van der Waals surface area contributed by atoms with Gasteiger partial charge in [0, 0.05) is 20.3 Å². The number of carbonyl (C=O) groups excluding carboxylic acids is 2. The van der Waals surface area contributed by atoms with E-state index < -0.39 is 48.3 Å². The Morgan fingerprint density at radius 2 is 2.00 bits per heavy atom. The third-order valence-corrected chi connectivity index (χ3v) is 9.04. The van der Waals surface area contributed by atoms with Crippen molar-refractivity contribution in [1.82, 2.24) is 0 Å². The molecule has 0 amide bonds. The fourth-order valence-corrected chi connectivity index (χ4v) is 7.26. The maximum Gasteiger partial charge on any atom is 0.314 e. The Bertz CT molecular complexity index is 769. The Kier molecular flexibility index (Phi) is 4.82. The van der Waals surface area contributed by atoms with E-state index in [2.05, 4.69) is 47.9 Å². The summed E-state index contributed by atoms with van der Waals surface area (Å²) < 4.78 is 6.65. The first-order valence-corrected chi connectivity index (χ1v) is 14.0. The molecule has 7 heteroatoms. The van der Waals surface area contributed by atoms with E-state index in [0.717, 1.165) is 9.87 Å². The average Bonchev–Trinajstić information content (AvgIpc) is 2.54. The summed E-state index contributed by atoms with van der Waals surface area (Å²) in [5.74, 6) is -3.34. The lowest BCUT2D eigenvalue weighted by atomic mass is 9.46. The molecule has 2 heterocycles. The van der Waals surface area contributed by atoms with Gasteiger partial charge in [0.15, 0.2) is 5.60 Å². The summed E-state index contributed by atoms with van der Waals surface area (Å²) in [5.41, 5.74) is -0.682. The molecule has 2 aliphatic carbocycles. The first-order chi connectivity index (χ1) is 12.3. The molecular weight excluding hydrogens is 475 g/mol. The standard InChI is InChI=1S/C20H27IO5Si/c1-18(8-9-27(3,4)5)7-6-13-19(2,11-22)12-10-14(21)20(13,26-17(12)25)15(18)16(23)24/h8-13,15H,6-7H2,1-5H3,(H,23,24)/b9-8+/t12-,13+,15+,18+,19+,20+/m1/s1. The smallest absolute Gasteiger partial charge is 0.314 e. The maximum absolute atomic E-state index is 12.7. The van der Waals surface area contributed by atoms with Gasteiger partial charge in [-0.05, 0) is 35.4 Å². The molecule has 2 aliphatic heterocycles. The van der Waals surface area contributed by atoms with Gasteiger partial charge < -0.3 is 14.6 Å². The molecule has 1 spiro atoms. The van der Waals surface area contributed by atoms with E-state index in [0.29, 0.717) is 12.8 Å². The van der Waals surface area contributed by atoms with E-state index in [1.54, 1.807) is 13.0 Å². The van der Waals surface area contributed by atoms with Crippen LogP contribution < -0.4 is 0 Å². The minimum absolute atomic E-state index is 0.323. The molecule has 5 nitrogen and oxygen atoms in total. The Morgan fingerprint density at radius 1 is 1.37 bits per heavy atom. The van der Waals surface area contributed by atoms with Gasteiger partial charge in [-0.3, -0.25) is 9.59 Å². The van der Waals surface area contributed by atoms with Crippen LogP contribution in [0.1, 0.15) is 26.7 Å². The molecule has 4 aliphatic rings. The van der Waals surface area contributed by atoms with Crippen molar-refractivity contribution in [3.8, 4) is 0 Å². The SMILES string of the molecule is C[C@]1(C=O)[C@@H]2C=C(I)[C@]3(OC2=O)[C@@H](C(=O)O)[C@](C)(/C=C/[Si](C)(C)C)CC[C@@H]13. The zero-order chi connectivity index (χ0) is 20.4. The molecule has 0 aromatic rings. The van der Waals surface area contributed by atoms with E-state index in [1.807, 2.05) is 13.0 Å². The fraction of sp³-hybridized carbons (Fsp3) is 0.650. The van der Waals surface area contributed by atoms with E-state index in [1.165, 1.54) is 0 Å². The van der Waals surface area contributed by atoms with Gasteiger partial charge in [0.25, 0.3) is 0 Å². The van der Waals surface area contributed by atoms with Gasteiger partial charge in [-0.1, -0.05) is 51.3 Å². The summed E-state index contributed by atoms with van der Waals surface area (Å²) in [6, 6.07) is 0. The highest BCUT2D eigenvalue weighted by Crippen LogP contribution is 2.66. The summed E-state index contributed by atoms with van der Waals surface area (Å²) in [5, 5.41) is 10.3. The molecule has 0 aromatic heterocycles. The molecule has 2 fully saturated rings. The first-order valence-electron chi connectivity index (χ1n) is 9.32. The van der Waals surface area contributed by atoms with Crippen LogP contribution in [-0.4, -0.2) is 37.0 Å². The van der Waals surface area contributed by atoms with Gasteiger partial charge in [-0.25, -0.2) is 0 Å². The van der Waals surface area contributed by atoms with E-state index >= 15 is 0 Å². The van der Waals surface area contributed by atoms with Gasteiger partial charge in [0.2, 0.25) is 0 Å². The van der Waals surface area contributed by atoms with Gasteiger partial charge in [-0.2, -0.15) is 0 Å². The van der Waals surface area contributed by atoms with Crippen molar-refractivity contribution >= 4 is 48.9 Å². The van der Waals surface area contributed by atoms with E-state index in [9.17, 15) is 19.5 Å². The number of ether oxygens (including phenoxy) is 1. The van der Waals surface area contributed by atoms with Crippen LogP contribution in [0, 0.1) is 28.6 Å². The zero-order valence-corrected chi connectivity index (χ0v) is 19.6. The van der Waals surface area contributed by atoms with E-state index in [4.69, 9.17) is 4.74 Å². The van der Waals surface area contributed by atoms with Crippen LogP contribution in [0.4, 0.5) is 0 Å². The summed E-state index contributed by atoms with van der Waals surface area (Å²) >= 11 is 2.12. The number of allylic oxidation sites excluding steroid dienone is 1. The van der Waals surface area contributed by atoms with Crippen LogP contribution >= 0.6 is 22.6 Å². The highest BCUT2D eigenvalue weighted by molar-refractivity contribution is 14.1. The van der Waals surface area contributed by atoms with Crippen molar-refractivity contribution in [2.45, 2.75) is 51.9 Å². The molecule has 6 atom stereocenters. The molecule has 148 valence electrons. The highest BCUT2D eigenvalue weighted by Gasteiger charge is 2.73. The lowest BCUT2D eigenvalue weighted by Gasteiger charge is -2.63. The van der Waals surface area contributed by atoms with Crippen molar-refractivity contribution in [2.75, 3.05) is 0 Å². The summed E-state index contributed by atoms with van der Waals surface area (Å²) in [6.45, 7) is 10.3.